The molecule has 1 aliphatic carbocycles. The van der Waals surface area contributed by atoms with Gasteiger partial charge in [-0.2, -0.15) is 0 Å². The van der Waals surface area contributed by atoms with E-state index in [1.54, 1.807) is 6.92 Å². The molecule has 1 aromatic rings. The number of carbonyl (C=O) groups is 2. The van der Waals surface area contributed by atoms with Gasteiger partial charge in [0.15, 0.2) is 11.6 Å². The quantitative estimate of drug-likeness (QED) is 0.794. The smallest absolute Gasteiger partial charge is 0.190 e. The molecule has 0 fully saturated rings. The van der Waals surface area contributed by atoms with Crippen molar-refractivity contribution in [3.05, 3.63) is 40.5 Å². The van der Waals surface area contributed by atoms with Crippen molar-refractivity contribution in [3.63, 3.8) is 0 Å². The van der Waals surface area contributed by atoms with Crippen LogP contribution in [0.25, 0.3) is 0 Å². The van der Waals surface area contributed by atoms with Gasteiger partial charge in [0.2, 0.25) is 0 Å². The Balaban J connectivity index is 2.74. The average Bonchev–Trinajstić information content (AvgIpc) is 2.23. The third-order valence-corrected chi connectivity index (χ3v) is 3.03. The highest BCUT2D eigenvalue weighted by atomic mass is 16.3. The Morgan fingerprint density at radius 3 is 2.33 bits per heavy atom. The first-order valence-electron chi connectivity index (χ1n) is 5.59. The third kappa shape index (κ3) is 1.75. The van der Waals surface area contributed by atoms with Crippen LogP contribution >= 0.6 is 0 Å². The van der Waals surface area contributed by atoms with Crippen LogP contribution in [0.1, 0.15) is 47.1 Å². The van der Waals surface area contributed by atoms with E-state index in [1.165, 1.54) is 32.1 Å². The fourth-order valence-electron chi connectivity index (χ4n) is 2.07. The van der Waals surface area contributed by atoms with Crippen LogP contribution in [-0.4, -0.2) is 21.8 Å². The van der Waals surface area contributed by atoms with Gasteiger partial charge in [-0.1, -0.05) is 6.07 Å². The maximum atomic E-state index is 11.9. The summed E-state index contributed by atoms with van der Waals surface area (Å²) in [5, 5.41) is 20.0. The summed E-state index contributed by atoms with van der Waals surface area (Å²) in [6.45, 7) is 4.57. The Kier molecular flexibility index (Phi) is 2.63. The maximum absolute atomic E-state index is 11.9. The molecule has 1 aliphatic rings. The van der Waals surface area contributed by atoms with E-state index < -0.39 is 11.4 Å². The molecule has 0 bridgehead atoms. The number of Topliss-reactive ketones (excluding diaryl/α,β-unsaturated/α-hetero) is 1. The van der Waals surface area contributed by atoms with Gasteiger partial charge in [0.05, 0.1) is 11.2 Å². The molecule has 1 aromatic carbocycles. The zero-order valence-corrected chi connectivity index (χ0v) is 10.4. The molecular weight excluding hydrogens is 232 g/mol. The fourth-order valence-corrected chi connectivity index (χ4v) is 2.07. The first-order chi connectivity index (χ1) is 8.23. The molecule has 0 aliphatic heterocycles. The number of hydrogen-bond donors (Lipinski definition) is 2. The number of phenols is 1. The van der Waals surface area contributed by atoms with Crippen LogP contribution in [0.5, 0.6) is 5.75 Å². The molecule has 4 nitrogen and oxygen atoms in total. The lowest BCUT2D eigenvalue weighted by Gasteiger charge is -2.23. The number of aromatic hydroxyl groups is 1. The van der Waals surface area contributed by atoms with Crippen molar-refractivity contribution in [2.45, 2.75) is 26.4 Å². The highest BCUT2D eigenvalue weighted by Gasteiger charge is 2.30. The minimum Gasteiger partial charge on any atom is -0.507 e. The Morgan fingerprint density at radius 2 is 1.78 bits per heavy atom. The lowest BCUT2D eigenvalue weighted by Crippen LogP contribution is -2.21. The van der Waals surface area contributed by atoms with Gasteiger partial charge in [-0.15, -0.1) is 0 Å². The number of ketones is 2. The van der Waals surface area contributed by atoms with E-state index in [2.05, 4.69) is 0 Å². The molecular formula is C14H14O4. The Labute approximate surface area is 105 Å². The molecule has 2 rings (SSSR count). The van der Waals surface area contributed by atoms with Gasteiger partial charge < -0.3 is 10.2 Å². The first-order valence-corrected chi connectivity index (χ1v) is 5.59. The average molecular weight is 246 g/mol. The summed E-state index contributed by atoms with van der Waals surface area (Å²) in [5.41, 5.74) is -0.535. The van der Waals surface area contributed by atoms with Crippen molar-refractivity contribution in [3.8, 4) is 5.75 Å². The molecule has 0 radical (unpaired) electrons. The third-order valence-electron chi connectivity index (χ3n) is 3.03. The number of rotatable bonds is 1. The summed E-state index contributed by atoms with van der Waals surface area (Å²) >= 11 is 0. The summed E-state index contributed by atoms with van der Waals surface area (Å²) in [4.78, 5) is 23.8. The van der Waals surface area contributed by atoms with Crippen LogP contribution in [0.2, 0.25) is 0 Å². The highest BCUT2D eigenvalue weighted by Crippen LogP contribution is 2.36. The van der Waals surface area contributed by atoms with Crippen molar-refractivity contribution in [1.29, 1.82) is 0 Å². The van der Waals surface area contributed by atoms with Crippen molar-refractivity contribution < 1.29 is 19.8 Å². The SMILES string of the molecule is CC1=CC(=O)c2c(ccc(C(C)(C)O)c2O)C1=O. The zero-order chi connectivity index (χ0) is 13.7. The minimum absolute atomic E-state index is 0.0229. The van der Waals surface area contributed by atoms with Crippen LogP contribution in [0.15, 0.2) is 23.8 Å². The van der Waals surface area contributed by atoms with Gasteiger partial charge in [0, 0.05) is 16.7 Å². The van der Waals surface area contributed by atoms with E-state index in [9.17, 15) is 19.8 Å². The number of carbonyl (C=O) groups excluding carboxylic acids is 2. The van der Waals surface area contributed by atoms with Crippen LogP contribution in [0, 0.1) is 0 Å². The first kappa shape index (κ1) is 12.5. The van der Waals surface area contributed by atoms with E-state index in [0.29, 0.717) is 5.57 Å². The van der Waals surface area contributed by atoms with E-state index in [0.717, 1.165) is 0 Å². The number of aliphatic hydroxyl groups is 1. The van der Waals surface area contributed by atoms with Gasteiger partial charge in [-0.25, -0.2) is 0 Å². The number of hydrogen-bond acceptors (Lipinski definition) is 4. The van der Waals surface area contributed by atoms with Crippen LogP contribution < -0.4 is 0 Å². The zero-order valence-electron chi connectivity index (χ0n) is 10.4. The molecule has 94 valence electrons. The minimum atomic E-state index is -1.28. The standard InChI is InChI=1S/C14H14O4/c1-7-6-10(15)11-8(12(7)16)4-5-9(13(11)17)14(2,3)18/h4-6,17-18H,1-3H3. The molecule has 2 N–H and O–H groups in total. The predicted octanol–water partition coefficient (Wildman–Crippen LogP) is 1.94. The highest BCUT2D eigenvalue weighted by molar-refractivity contribution is 6.25. The molecule has 4 heteroatoms. The largest absolute Gasteiger partial charge is 0.507 e. The van der Waals surface area contributed by atoms with Crippen molar-refractivity contribution >= 4 is 11.6 Å². The lowest BCUT2D eigenvalue weighted by molar-refractivity contribution is 0.0754. The second kappa shape index (κ2) is 3.78. The number of phenolic OH excluding ortho intramolecular Hbond substituents is 1. The molecule has 0 amide bonds. The van der Waals surface area contributed by atoms with Gasteiger partial charge in [0.25, 0.3) is 0 Å². The fraction of sp³-hybridized carbons (Fsp3) is 0.286. The maximum Gasteiger partial charge on any atom is 0.190 e. The molecule has 0 spiro atoms. The van der Waals surface area contributed by atoms with Gasteiger partial charge >= 0.3 is 0 Å². The Bertz CT molecular complexity index is 589. The van der Waals surface area contributed by atoms with E-state index >= 15 is 0 Å². The molecule has 18 heavy (non-hydrogen) atoms. The summed E-state index contributed by atoms with van der Waals surface area (Å²) in [6, 6.07) is 2.94. The van der Waals surface area contributed by atoms with Crippen LogP contribution in [0.4, 0.5) is 0 Å². The molecule has 0 atom stereocenters. The number of allylic oxidation sites excluding steroid dienone is 2. The molecule has 0 unspecified atom stereocenters. The summed E-state index contributed by atoms with van der Waals surface area (Å²) in [5.74, 6) is -1.00. The monoisotopic (exact) mass is 246 g/mol. The van der Waals surface area contributed by atoms with Crippen molar-refractivity contribution in [2.24, 2.45) is 0 Å². The topological polar surface area (TPSA) is 74.6 Å². The van der Waals surface area contributed by atoms with Crippen LogP contribution in [-0.2, 0) is 5.60 Å². The molecule has 0 heterocycles. The lowest BCUT2D eigenvalue weighted by atomic mass is 9.85. The normalized spacial score (nSPS) is 15.4. The van der Waals surface area contributed by atoms with Crippen LogP contribution in [0.3, 0.4) is 0 Å². The summed E-state index contributed by atoms with van der Waals surface area (Å²) < 4.78 is 0. The second-order valence-corrected chi connectivity index (χ2v) is 4.96. The van der Waals surface area contributed by atoms with E-state index in [-0.39, 0.29) is 28.2 Å². The van der Waals surface area contributed by atoms with Gasteiger partial charge in [-0.05, 0) is 32.9 Å². The van der Waals surface area contributed by atoms with Gasteiger partial charge in [0.1, 0.15) is 5.75 Å². The predicted molar refractivity (Wildman–Crippen MR) is 65.8 cm³/mol. The molecule has 0 saturated heterocycles. The Morgan fingerprint density at radius 1 is 1.17 bits per heavy atom. The Hall–Kier alpha value is -1.94. The van der Waals surface area contributed by atoms with E-state index in [4.69, 9.17) is 0 Å². The van der Waals surface area contributed by atoms with Crippen molar-refractivity contribution in [2.75, 3.05) is 0 Å². The summed E-state index contributed by atoms with van der Waals surface area (Å²) in [7, 11) is 0. The van der Waals surface area contributed by atoms with Gasteiger partial charge in [-0.3, -0.25) is 9.59 Å². The van der Waals surface area contributed by atoms with E-state index in [1.807, 2.05) is 0 Å². The molecule has 0 aromatic heterocycles. The number of fused-ring (bicyclic) bond motifs is 1. The van der Waals surface area contributed by atoms with Crippen molar-refractivity contribution in [1.82, 2.24) is 0 Å². The second-order valence-electron chi connectivity index (χ2n) is 4.96. The number of benzene rings is 1. The molecule has 0 saturated carbocycles. The summed E-state index contributed by atoms with van der Waals surface area (Å²) in [6.07, 6.45) is 1.21.